The van der Waals surface area contributed by atoms with E-state index in [9.17, 15) is 13.2 Å². The first-order chi connectivity index (χ1) is 9.95. The molecule has 0 bridgehead atoms. The van der Waals surface area contributed by atoms with Crippen LogP contribution in [0.2, 0.25) is 0 Å². The summed E-state index contributed by atoms with van der Waals surface area (Å²) < 4.78 is 39.2. The van der Waals surface area contributed by atoms with Gasteiger partial charge in [-0.1, -0.05) is 13.8 Å². The molecule has 0 unspecified atom stereocenters. The Morgan fingerprint density at radius 1 is 1.29 bits per heavy atom. The topological polar surface area (TPSA) is 45.5 Å². The Balaban J connectivity index is 2.15. The number of likely N-dealkylation sites (N-methyl/N-ethyl adjacent to an activating group) is 1. The third-order valence-corrected chi connectivity index (χ3v) is 3.30. The molecule has 0 radical (unpaired) electrons. The van der Waals surface area contributed by atoms with Crippen molar-refractivity contribution >= 4 is 11.3 Å². The molecule has 2 aromatic heterocycles. The van der Waals surface area contributed by atoms with E-state index in [2.05, 4.69) is 34.1 Å². The maximum absolute atomic E-state index is 12.7. The van der Waals surface area contributed by atoms with E-state index in [0.717, 1.165) is 25.7 Å². The van der Waals surface area contributed by atoms with E-state index in [4.69, 9.17) is 0 Å². The monoisotopic (exact) mass is 301 g/mol. The number of nitrogens with one attached hydrogen (secondary N) is 1. The summed E-state index contributed by atoms with van der Waals surface area (Å²) >= 11 is 0. The maximum Gasteiger partial charge on any atom is 0.435 e. The van der Waals surface area contributed by atoms with Crippen LogP contribution < -0.4 is 5.32 Å². The van der Waals surface area contributed by atoms with Crippen molar-refractivity contribution in [3.8, 4) is 0 Å². The molecule has 0 aliphatic rings. The molecular weight excluding hydrogens is 283 g/mol. The zero-order valence-corrected chi connectivity index (χ0v) is 12.0. The third-order valence-electron chi connectivity index (χ3n) is 3.30. The summed E-state index contributed by atoms with van der Waals surface area (Å²) in [4.78, 5) is 6.31. The highest BCUT2D eigenvalue weighted by molar-refractivity contribution is 5.67. The average Bonchev–Trinajstić information content (AvgIpc) is 2.88. The number of alkyl halides is 3. The normalized spacial score (nSPS) is 12.3. The molecule has 0 aliphatic carbocycles. The molecule has 5 nitrogen and oxygen atoms in total. The van der Waals surface area contributed by atoms with Gasteiger partial charge in [0, 0.05) is 31.5 Å². The van der Waals surface area contributed by atoms with Gasteiger partial charge in [0.05, 0.1) is 0 Å². The lowest BCUT2D eigenvalue weighted by Crippen LogP contribution is -2.28. The van der Waals surface area contributed by atoms with Gasteiger partial charge in [-0.3, -0.25) is 0 Å². The van der Waals surface area contributed by atoms with Crippen LogP contribution in [0.3, 0.4) is 0 Å². The van der Waals surface area contributed by atoms with Crippen molar-refractivity contribution in [2.75, 3.05) is 31.5 Å². The van der Waals surface area contributed by atoms with Gasteiger partial charge in [0.25, 0.3) is 0 Å². The Morgan fingerprint density at radius 2 is 2.00 bits per heavy atom. The van der Waals surface area contributed by atoms with E-state index in [-0.39, 0.29) is 0 Å². The van der Waals surface area contributed by atoms with Gasteiger partial charge in [0.2, 0.25) is 0 Å². The number of hydrogen-bond acceptors (Lipinski definition) is 4. The quantitative estimate of drug-likeness (QED) is 0.890. The first kappa shape index (κ1) is 15.6. The standard InChI is InChI=1S/C13H18F3N5/c1-3-20(4-2)7-5-17-12-10-9-11(13(14,15)16)19-21(10)8-6-18-12/h6,8-9H,3-5,7H2,1-2H3,(H,17,18). The van der Waals surface area contributed by atoms with Gasteiger partial charge < -0.3 is 10.2 Å². The molecule has 0 atom stereocenters. The van der Waals surface area contributed by atoms with Gasteiger partial charge in [-0.25, -0.2) is 9.50 Å². The molecule has 0 aromatic carbocycles. The van der Waals surface area contributed by atoms with Gasteiger partial charge in [-0.05, 0) is 13.1 Å². The number of rotatable bonds is 6. The molecule has 116 valence electrons. The summed E-state index contributed by atoms with van der Waals surface area (Å²) in [6, 6.07) is 1.01. The van der Waals surface area contributed by atoms with Crippen molar-refractivity contribution in [1.29, 1.82) is 0 Å². The van der Waals surface area contributed by atoms with E-state index in [1.807, 2.05) is 0 Å². The number of hydrogen-bond donors (Lipinski definition) is 1. The zero-order valence-electron chi connectivity index (χ0n) is 12.0. The van der Waals surface area contributed by atoms with E-state index in [1.165, 1.54) is 16.9 Å². The second-order valence-corrected chi connectivity index (χ2v) is 4.59. The van der Waals surface area contributed by atoms with Crippen LogP contribution in [0.25, 0.3) is 5.52 Å². The van der Waals surface area contributed by atoms with Gasteiger partial charge in [0.15, 0.2) is 11.5 Å². The lowest BCUT2D eigenvalue weighted by molar-refractivity contribution is -0.141. The SMILES string of the molecule is CCN(CC)CCNc1nccn2nc(C(F)(F)F)cc12. The zero-order chi connectivity index (χ0) is 15.5. The van der Waals surface area contributed by atoms with Crippen molar-refractivity contribution in [1.82, 2.24) is 19.5 Å². The van der Waals surface area contributed by atoms with Gasteiger partial charge >= 0.3 is 6.18 Å². The summed E-state index contributed by atoms with van der Waals surface area (Å²) in [6.45, 7) is 7.41. The van der Waals surface area contributed by atoms with Crippen molar-refractivity contribution < 1.29 is 13.2 Å². The first-order valence-electron chi connectivity index (χ1n) is 6.83. The molecule has 2 heterocycles. The van der Waals surface area contributed by atoms with Crippen LogP contribution in [0.5, 0.6) is 0 Å². The Kier molecular flexibility index (Phi) is 4.66. The molecule has 1 N–H and O–H groups in total. The average molecular weight is 301 g/mol. The van der Waals surface area contributed by atoms with E-state index >= 15 is 0 Å². The minimum atomic E-state index is -4.45. The summed E-state index contributed by atoms with van der Waals surface area (Å²) in [5, 5.41) is 6.59. The van der Waals surface area contributed by atoms with Crippen LogP contribution in [0.1, 0.15) is 19.5 Å². The molecule has 8 heteroatoms. The molecule has 0 saturated carbocycles. The van der Waals surface area contributed by atoms with Crippen molar-refractivity contribution in [3.05, 3.63) is 24.2 Å². The Hall–Kier alpha value is -1.83. The lowest BCUT2D eigenvalue weighted by Gasteiger charge is -2.18. The van der Waals surface area contributed by atoms with E-state index in [1.54, 1.807) is 0 Å². The molecule has 0 spiro atoms. The van der Waals surface area contributed by atoms with Gasteiger partial charge in [0.1, 0.15) is 5.52 Å². The smallest absolute Gasteiger partial charge is 0.367 e. The molecule has 0 amide bonds. The largest absolute Gasteiger partial charge is 0.435 e. The predicted octanol–water partition coefficient (Wildman–Crippen LogP) is 2.50. The first-order valence-corrected chi connectivity index (χ1v) is 6.83. The number of fused-ring (bicyclic) bond motifs is 1. The number of nitrogens with zero attached hydrogens (tertiary/aromatic N) is 4. The van der Waals surface area contributed by atoms with Crippen LogP contribution in [0.4, 0.5) is 19.0 Å². The van der Waals surface area contributed by atoms with Crippen LogP contribution in [-0.2, 0) is 6.18 Å². The fraction of sp³-hybridized carbons (Fsp3) is 0.538. The molecular formula is C13H18F3N5. The molecule has 21 heavy (non-hydrogen) atoms. The molecule has 2 rings (SSSR count). The minimum absolute atomic E-state index is 0.323. The fourth-order valence-electron chi connectivity index (χ4n) is 2.07. The van der Waals surface area contributed by atoms with Crippen molar-refractivity contribution in [3.63, 3.8) is 0 Å². The fourth-order valence-corrected chi connectivity index (χ4v) is 2.07. The van der Waals surface area contributed by atoms with E-state index in [0.29, 0.717) is 17.9 Å². The number of aromatic nitrogens is 3. The summed E-state index contributed by atoms with van der Waals surface area (Å²) in [7, 11) is 0. The molecule has 0 fully saturated rings. The molecule has 2 aromatic rings. The minimum Gasteiger partial charge on any atom is -0.367 e. The predicted molar refractivity (Wildman–Crippen MR) is 74.3 cm³/mol. The second kappa shape index (κ2) is 6.30. The number of anilines is 1. The summed E-state index contributed by atoms with van der Waals surface area (Å²) in [5.41, 5.74) is -0.591. The summed E-state index contributed by atoms with van der Waals surface area (Å²) in [5.74, 6) is 0.410. The Bertz CT molecular complexity index is 589. The molecule has 0 saturated heterocycles. The second-order valence-electron chi connectivity index (χ2n) is 4.59. The van der Waals surface area contributed by atoms with Crippen LogP contribution in [0, 0.1) is 0 Å². The van der Waals surface area contributed by atoms with Crippen molar-refractivity contribution in [2.24, 2.45) is 0 Å². The number of halogens is 3. The van der Waals surface area contributed by atoms with Crippen LogP contribution in [-0.4, -0.2) is 45.7 Å². The Morgan fingerprint density at radius 3 is 2.62 bits per heavy atom. The molecule has 0 aliphatic heterocycles. The highest BCUT2D eigenvalue weighted by Gasteiger charge is 2.34. The Labute approximate surface area is 120 Å². The highest BCUT2D eigenvalue weighted by Crippen LogP contribution is 2.29. The van der Waals surface area contributed by atoms with Gasteiger partial charge in [-0.15, -0.1) is 0 Å². The van der Waals surface area contributed by atoms with Gasteiger partial charge in [-0.2, -0.15) is 18.3 Å². The third kappa shape index (κ3) is 3.63. The maximum atomic E-state index is 12.7. The van der Waals surface area contributed by atoms with Crippen LogP contribution in [0.15, 0.2) is 18.5 Å². The van der Waals surface area contributed by atoms with E-state index < -0.39 is 11.9 Å². The summed E-state index contributed by atoms with van der Waals surface area (Å²) in [6.07, 6.45) is -1.62. The van der Waals surface area contributed by atoms with Crippen LogP contribution >= 0.6 is 0 Å². The van der Waals surface area contributed by atoms with Crippen molar-refractivity contribution in [2.45, 2.75) is 20.0 Å². The highest BCUT2D eigenvalue weighted by atomic mass is 19.4. The lowest BCUT2D eigenvalue weighted by atomic mass is 10.3.